The second-order valence-electron chi connectivity index (χ2n) is 26.5. The maximum atomic E-state index is 14.9. The van der Waals surface area contributed by atoms with Crippen molar-refractivity contribution in [2.45, 2.75) is 187 Å². The zero-order chi connectivity index (χ0) is 70.3. The van der Waals surface area contributed by atoms with Crippen LogP contribution in [0.4, 0.5) is 10.5 Å². The Morgan fingerprint density at radius 1 is 0.684 bits per heavy atom. The largest absolute Gasteiger partial charge is 0.481 e. The molecule has 0 spiro atoms. The number of ketones is 2. The van der Waals surface area contributed by atoms with Crippen molar-refractivity contribution in [2.75, 3.05) is 79.7 Å². The number of carboxylic acid groups (broad SMARTS) is 1. The van der Waals surface area contributed by atoms with Crippen molar-refractivity contribution in [1.82, 2.24) is 29.6 Å². The molecule has 0 bridgehead atoms. The molecule has 25 nitrogen and oxygen atoms in total. The summed E-state index contributed by atoms with van der Waals surface area (Å²) in [6, 6.07) is 12.2. The van der Waals surface area contributed by atoms with Gasteiger partial charge in [-0.3, -0.25) is 47.9 Å². The van der Waals surface area contributed by atoms with Crippen LogP contribution in [0, 0.1) is 41.4 Å². The van der Waals surface area contributed by atoms with Gasteiger partial charge in [-0.25, -0.2) is 13.2 Å². The minimum absolute atomic E-state index is 0.00275. The number of carbonyl (C=O) groups excluding carboxylic acids is 9. The molecule has 2 aromatic carbocycles. The van der Waals surface area contributed by atoms with E-state index in [1.165, 1.54) is 26.2 Å². The summed E-state index contributed by atoms with van der Waals surface area (Å²) < 4.78 is 56.6. The highest BCUT2D eigenvalue weighted by atomic mass is 32.2. The maximum absolute atomic E-state index is 14.9. The third-order valence-electron chi connectivity index (χ3n) is 18.7. The number of carboxylic acids is 1. The summed E-state index contributed by atoms with van der Waals surface area (Å²) in [5.41, 5.74) is 1.77. The Hall–Kier alpha value is -6.87. The fourth-order valence-corrected chi connectivity index (χ4v) is 14.0. The van der Waals surface area contributed by atoms with Gasteiger partial charge < -0.3 is 59.0 Å². The van der Waals surface area contributed by atoms with E-state index >= 15 is 0 Å². The Morgan fingerprint density at radius 3 is 1.88 bits per heavy atom. The van der Waals surface area contributed by atoms with Gasteiger partial charge in [0.15, 0.2) is 5.78 Å². The average Bonchev–Trinajstić information content (AvgIpc) is 1.81. The minimum atomic E-state index is -3.91. The molecule has 7 amide bonds. The van der Waals surface area contributed by atoms with E-state index in [-0.39, 0.29) is 125 Å². The van der Waals surface area contributed by atoms with Crippen LogP contribution >= 0.6 is 0 Å². The predicted octanol–water partition coefficient (Wildman–Crippen LogP) is 6.44. The quantitative estimate of drug-likeness (QED) is 0.0522. The second-order valence-corrected chi connectivity index (χ2v) is 28.4. The molecule has 95 heavy (non-hydrogen) atoms. The zero-order valence-electron chi connectivity index (χ0n) is 57.7. The van der Waals surface area contributed by atoms with Gasteiger partial charge in [-0.1, -0.05) is 104 Å². The Balaban J connectivity index is 1.10. The number of carbonyl (C=O) groups is 10. The summed E-state index contributed by atoms with van der Waals surface area (Å²) in [7, 11) is 2.17. The molecule has 0 aromatic heterocycles. The van der Waals surface area contributed by atoms with E-state index in [0.29, 0.717) is 81.4 Å². The van der Waals surface area contributed by atoms with Crippen LogP contribution in [0.5, 0.6) is 0 Å². The monoisotopic (exact) mass is 1350 g/mol. The molecular formula is C69H105N7O18S. The highest BCUT2D eigenvalue weighted by molar-refractivity contribution is 7.90. The van der Waals surface area contributed by atoms with Crippen LogP contribution in [0.15, 0.2) is 54.6 Å². The Kier molecular flexibility index (Phi) is 31.7. The fourth-order valence-electron chi connectivity index (χ4n) is 12.6. The molecule has 1 saturated carbocycles. The van der Waals surface area contributed by atoms with Gasteiger partial charge in [0, 0.05) is 91.2 Å². The number of methoxy groups -OCH3 is 2. The highest BCUT2D eigenvalue weighted by Crippen LogP contribution is 2.32. The van der Waals surface area contributed by atoms with Crippen LogP contribution in [-0.4, -0.2) is 208 Å². The van der Waals surface area contributed by atoms with Crippen LogP contribution < -0.4 is 15.4 Å². The molecule has 3 fully saturated rings. The highest BCUT2D eigenvalue weighted by Gasteiger charge is 2.45. The lowest BCUT2D eigenvalue weighted by molar-refractivity contribution is -0.149. The average molecular weight is 1350 g/mol. The standard InChI is InChI=1S/C69H105N7O18S/c1-13-45(6)62(58(90-11)41-60(80)76-31-17-20-56(76)63(91-12)47(8)65(82)71-55(39-48-18-15-14-16-19-48)66(83)72-95(88,89)53-25-26-53)73(9)67(84)54(43(2)3)40-57(78)61(44(4)5)74(10)69(87)94-42-49-21-23-51(24-22-49)70-64(81)46(7)38-52(77)29-34-92-36-37-93-35-30-59(79)75-32-27-50(28-33-75)68(85)86/h14-16,18-19,21-24,43-47,50,53-56,58,61-63H,13,17,20,25-42H2,1-12H3,(H,70,81)(H,71,82)(H,72,83)(H,85,86)/t45-,46+,47+,54-,55-,56-,58+,61-,62-,63+/m0/s1. The van der Waals surface area contributed by atoms with Crippen molar-refractivity contribution in [3.63, 3.8) is 0 Å². The smallest absolute Gasteiger partial charge is 0.410 e. The van der Waals surface area contributed by atoms with Gasteiger partial charge in [0.05, 0.1) is 86.7 Å². The van der Waals surface area contributed by atoms with Gasteiger partial charge in [-0.05, 0) is 79.5 Å². The molecule has 530 valence electrons. The first-order valence-electron chi connectivity index (χ1n) is 33.5. The first-order valence-corrected chi connectivity index (χ1v) is 35.1. The van der Waals surface area contributed by atoms with E-state index in [1.54, 1.807) is 104 Å². The van der Waals surface area contributed by atoms with Crippen molar-refractivity contribution >= 4 is 74.8 Å². The first-order chi connectivity index (χ1) is 45.0. The van der Waals surface area contributed by atoms with Gasteiger partial charge >= 0.3 is 12.1 Å². The van der Waals surface area contributed by atoms with E-state index in [0.717, 1.165) is 0 Å². The number of ether oxygens (including phenoxy) is 5. The normalized spacial score (nSPS) is 18.1. The molecular weight excluding hydrogens is 1250 g/mol. The summed E-state index contributed by atoms with van der Waals surface area (Å²) in [4.78, 5) is 141. The van der Waals surface area contributed by atoms with Gasteiger partial charge in [0.25, 0.3) is 5.91 Å². The number of likely N-dealkylation sites (tertiary alicyclic amines) is 2. The van der Waals surface area contributed by atoms with E-state index in [9.17, 15) is 56.4 Å². The van der Waals surface area contributed by atoms with Crippen LogP contribution in [-0.2, 0) is 89.9 Å². The van der Waals surface area contributed by atoms with Gasteiger partial charge in [-0.2, -0.15) is 0 Å². The fraction of sp³-hybridized carbons (Fsp3) is 0.681. The number of aliphatic carboxylic acids is 1. The number of hydrogen-bond acceptors (Lipinski definition) is 17. The lowest BCUT2D eigenvalue weighted by atomic mass is 9.83. The molecule has 0 unspecified atom stereocenters. The van der Waals surface area contributed by atoms with Crippen molar-refractivity contribution in [3.8, 4) is 0 Å². The number of likely N-dealkylation sites (N-methyl/N-ethyl adjacent to an activating group) is 2. The van der Waals surface area contributed by atoms with Gasteiger partial charge in [0.2, 0.25) is 39.6 Å². The molecule has 0 radical (unpaired) electrons. The summed E-state index contributed by atoms with van der Waals surface area (Å²) in [6.07, 6.45) is 1.12. The summed E-state index contributed by atoms with van der Waals surface area (Å²) in [6.45, 7) is 16.4. The number of sulfonamides is 1. The first kappa shape index (κ1) is 78.8. The number of hydrogen-bond donors (Lipinski definition) is 4. The third kappa shape index (κ3) is 23.7. The van der Waals surface area contributed by atoms with Crippen LogP contribution in [0.25, 0.3) is 0 Å². The lowest BCUT2D eigenvalue weighted by Crippen LogP contribution is -2.55. The van der Waals surface area contributed by atoms with Gasteiger partial charge in [-0.15, -0.1) is 0 Å². The van der Waals surface area contributed by atoms with E-state index in [1.807, 2.05) is 27.7 Å². The number of nitrogens with zero attached hydrogens (tertiary/aromatic N) is 4. The van der Waals surface area contributed by atoms with E-state index in [2.05, 4.69) is 15.4 Å². The summed E-state index contributed by atoms with van der Waals surface area (Å²) >= 11 is 0. The van der Waals surface area contributed by atoms with Crippen molar-refractivity contribution in [3.05, 3.63) is 65.7 Å². The summed E-state index contributed by atoms with van der Waals surface area (Å²) in [5, 5.41) is 14.1. The maximum Gasteiger partial charge on any atom is 0.410 e. The molecule has 2 heterocycles. The van der Waals surface area contributed by atoms with Crippen LogP contribution in [0.2, 0.25) is 0 Å². The number of rotatable bonds is 40. The Bertz CT molecular complexity index is 2990. The number of anilines is 1. The van der Waals surface area contributed by atoms with E-state index < -0.39 is 99.2 Å². The number of nitrogens with one attached hydrogen (secondary N) is 3. The lowest BCUT2D eigenvalue weighted by Gasteiger charge is -2.41. The van der Waals surface area contributed by atoms with Crippen molar-refractivity contribution in [1.29, 1.82) is 0 Å². The molecule has 26 heteroatoms. The predicted molar refractivity (Wildman–Crippen MR) is 354 cm³/mol. The molecule has 2 aliphatic heterocycles. The molecule has 10 atom stereocenters. The molecule has 4 N–H and O–H groups in total. The molecule has 5 rings (SSSR count). The van der Waals surface area contributed by atoms with Gasteiger partial charge in [0.1, 0.15) is 18.4 Å². The Morgan fingerprint density at radius 2 is 1.32 bits per heavy atom. The topological polar surface area (TPSA) is 320 Å². The molecule has 1 aliphatic carbocycles. The zero-order valence-corrected chi connectivity index (χ0v) is 58.5. The van der Waals surface area contributed by atoms with Crippen molar-refractivity contribution < 1.29 is 85.2 Å². The van der Waals surface area contributed by atoms with Crippen molar-refractivity contribution in [2.24, 2.45) is 41.4 Å². The molecule has 2 saturated heterocycles. The number of Topliss-reactive ketones (excluding diaryl/α,β-unsaturated/α-hetero) is 2. The third-order valence-corrected chi connectivity index (χ3v) is 20.5. The number of benzene rings is 2. The summed E-state index contributed by atoms with van der Waals surface area (Å²) in [5.74, 6) is -7.43. The van der Waals surface area contributed by atoms with Crippen LogP contribution in [0.3, 0.4) is 0 Å². The molecule has 2 aromatic rings. The Labute approximate surface area is 561 Å². The number of piperidine rings is 1. The molecule has 3 aliphatic rings. The van der Waals surface area contributed by atoms with E-state index in [4.69, 9.17) is 28.8 Å². The second kappa shape index (κ2) is 38.2. The SMILES string of the molecule is CC[C@H](C)[C@@H]([C@@H](CC(=O)N1CCC[C@H]1[C@H](OC)[C@@H](C)C(=O)N[C@@H](Cc1ccccc1)C(=O)NS(=O)(=O)C1CC1)OC)N(C)C(=O)[C@@H](CC(=O)[C@H](C(C)C)N(C)C(=O)OCc1ccc(NC(=O)[C@H](C)CC(=O)CCOCCOCCC(=O)N2CCC(C(=O)O)CC2)cc1)C(C)C. The number of amides is 7. The minimum Gasteiger partial charge on any atom is -0.481 e. The van der Waals surface area contributed by atoms with Crippen LogP contribution in [0.1, 0.15) is 144 Å².